The van der Waals surface area contributed by atoms with Gasteiger partial charge in [0.1, 0.15) is 18.0 Å². The Bertz CT molecular complexity index is 882. The SMILES string of the molecule is CCCCNC(=O)CN(c1ccccc1OC)S(=O)(=O)c1ccc(OC)cc1. The van der Waals surface area contributed by atoms with Gasteiger partial charge in [0.2, 0.25) is 5.91 Å². The second-order valence-corrected chi connectivity index (χ2v) is 7.92. The van der Waals surface area contributed by atoms with Crippen molar-refractivity contribution in [2.45, 2.75) is 24.7 Å². The molecular formula is C20H26N2O5S. The molecule has 0 aromatic heterocycles. The van der Waals surface area contributed by atoms with Crippen LogP contribution in [-0.2, 0) is 14.8 Å². The molecule has 2 aromatic rings. The molecule has 7 nitrogen and oxygen atoms in total. The zero-order valence-electron chi connectivity index (χ0n) is 16.3. The smallest absolute Gasteiger partial charge is 0.264 e. The summed E-state index contributed by atoms with van der Waals surface area (Å²) in [5, 5.41) is 2.76. The molecule has 1 N–H and O–H groups in total. The Morgan fingerprint density at radius 1 is 1.04 bits per heavy atom. The van der Waals surface area contributed by atoms with Crippen LogP contribution in [0.1, 0.15) is 19.8 Å². The van der Waals surface area contributed by atoms with E-state index < -0.39 is 10.0 Å². The molecule has 152 valence electrons. The Hall–Kier alpha value is -2.74. The number of hydrogen-bond donors (Lipinski definition) is 1. The number of benzene rings is 2. The zero-order valence-corrected chi connectivity index (χ0v) is 17.2. The van der Waals surface area contributed by atoms with Crippen LogP contribution in [0.15, 0.2) is 53.4 Å². The van der Waals surface area contributed by atoms with E-state index in [0.717, 1.165) is 17.1 Å². The van der Waals surface area contributed by atoms with Gasteiger partial charge in [-0.3, -0.25) is 9.10 Å². The topological polar surface area (TPSA) is 84.9 Å². The molecule has 0 saturated carbocycles. The molecule has 0 bridgehead atoms. The highest BCUT2D eigenvalue weighted by Crippen LogP contribution is 2.32. The lowest BCUT2D eigenvalue weighted by atomic mass is 10.3. The highest BCUT2D eigenvalue weighted by Gasteiger charge is 2.29. The number of amides is 1. The number of anilines is 1. The Morgan fingerprint density at radius 2 is 1.71 bits per heavy atom. The fourth-order valence-corrected chi connectivity index (χ4v) is 4.03. The van der Waals surface area contributed by atoms with Crippen molar-refractivity contribution in [3.8, 4) is 11.5 Å². The van der Waals surface area contributed by atoms with Gasteiger partial charge in [0.25, 0.3) is 10.0 Å². The van der Waals surface area contributed by atoms with Crippen molar-refractivity contribution in [3.05, 3.63) is 48.5 Å². The molecule has 0 saturated heterocycles. The van der Waals surface area contributed by atoms with E-state index in [4.69, 9.17) is 9.47 Å². The third kappa shape index (κ3) is 5.16. The Labute approximate surface area is 166 Å². The van der Waals surface area contributed by atoms with E-state index in [2.05, 4.69) is 5.32 Å². The van der Waals surface area contributed by atoms with E-state index in [9.17, 15) is 13.2 Å². The molecule has 1 amide bonds. The maximum absolute atomic E-state index is 13.3. The number of nitrogens with zero attached hydrogens (tertiary/aromatic N) is 1. The Balaban J connectivity index is 2.42. The van der Waals surface area contributed by atoms with E-state index in [1.807, 2.05) is 6.92 Å². The number of unbranched alkanes of at least 4 members (excludes halogenated alkanes) is 1. The molecular weight excluding hydrogens is 380 g/mol. The van der Waals surface area contributed by atoms with E-state index in [-0.39, 0.29) is 17.3 Å². The number of carbonyl (C=O) groups excluding carboxylic acids is 1. The molecule has 0 fully saturated rings. The predicted octanol–water partition coefficient (Wildman–Crippen LogP) is 2.82. The average Bonchev–Trinajstić information content (AvgIpc) is 2.72. The molecule has 0 aliphatic rings. The summed E-state index contributed by atoms with van der Waals surface area (Å²) >= 11 is 0. The van der Waals surface area contributed by atoms with Crippen molar-refractivity contribution >= 4 is 21.6 Å². The fraction of sp³-hybridized carbons (Fsp3) is 0.350. The molecule has 0 aliphatic heterocycles. The number of carbonyl (C=O) groups is 1. The van der Waals surface area contributed by atoms with Crippen molar-refractivity contribution in [1.29, 1.82) is 0 Å². The van der Waals surface area contributed by atoms with E-state index >= 15 is 0 Å². The third-order valence-corrected chi connectivity index (χ3v) is 5.91. The van der Waals surface area contributed by atoms with Crippen LogP contribution in [0.4, 0.5) is 5.69 Å². The van der Waals surface area contributed by atoms with Crippen molar-refractivity contribution in [3.63, 3.8) is 0 Å². The van der Waals surface area contributed by atoms with Crippen molar-refractivity contribution < 1.29 is 22.7 Å². The lowest BCUT2D eigenvalue weighted by Gasteiger charge is -2.25. The van der Waals surface area contributed by atoms with Gasteiger partial charge in [0.15, 0.2) is 0 Å². The number of methoxy groups -OCH3 is 2. The highest BCUT2D eigenvalue weighted by molar-refractivity contribution is 7.92. The minimum absolute atomic E-state index is 0.0561. The number of ether oxygens (including phenoxy) is 2. The lowest BCUT2D eigenvalue weighted by molar-refractivity contribution is -0.119. The second-order valence-electron chi connectivity index (χ2n) is 6.06. The van der Waals surface area contributed by atoms with Crippen molar-refractivity contribution in [1.82, 2.24) is 5.32 Å². The van der Waals surface area contributed by atoms with Crippen LogP contribution in [0.25, 0.3) is 0 Å². The number of rotatable bonds is 10. The first-order valence-electron chi connectivity index (χ1n) is 9.00. The van der Waals surface area contributed by atoms with Crippen LogP contribution in [0.2, 0.25) is 0 Å². The van der Waals surface area contributed by atoms with Gasteiger partial charge < -0.3 is 14.8 Å². The van der Waals surface area contributed by atoms with Crippen LogP contribution in [0, 0.1) is 0 Å². The molecule has 0 atom stereocenters. The first-order chi connectivity index (χ1) is 13.4. The molecule has 0 radical (unpaired) electrons. The van der Waals surface area contributed by atoms with Crippen LogP contribution in [-0.4, -0.2) is 41.6 Å². The maximum atomic E-state index is 13.3. The van der Waals surface area contributed by atoms with E-state index in [0.29, 0.717) is 23.7 Å². The van der Waals surface area contributed by atoms with Gasteiger partial charge in [-0.15, -0.1) is 0 Å². The van der Waals surface area contributed by atoms with Crippen LogP contribution >= 0.6 is 0 Å². The zero-order chi connectivity index (χ0) is 20.6. The quantitative estimate of drug-likeness (QED) is 0.613. The molecule has 0 heterocycles. The lowest BCUT2D eigenvalue weighted by Crippen LogP contribution is -2.41. The molecule has 2 aromatic carbocycles. The summed E-state index contributed by atoms with van der Waals surface area (Å²) in [6, 6.07) is 12.7. The molecule has 28 heavy (non-hydrogen) atoms. The van der Waals surface area contributed by atoms with Gasteiger partial charge in [0, 0.05) is 6.54 Å². The largest absolute Gasteiger partial charge is 0.497 e. The van der Waals surface area contributed by atoms with Gasteiger partial charge in [-0.2, -0.15) is 0 Å². The average molecular weight is 407 g/mol. The first kappa shape index (κ1) is 21.6. The number of sulfonamides is 1. The van der Waals surface area contributed by atoms with E-state index in [1.54, 1.807) is 36.4 Å². The van der Waals surface area contributed by atoms with Crippen molar-refractivity contribution in [2.24, 2.45) is 0 Å². The fourth-order valence-electron chi connectivity index (χ4n) is 2.60. The highest BCUT2D eigenvalue weighted by atomic mass is 32.2. The number of hydrogen-bond acceptors (Lipinski definition) is 5. The molecule has 8 heteroatoms. The van der Waals surface area contributed by atoms with Gasteiger partial charge in [0.05, 0.1) is 24.8 Å². The van der Waals surface area contributed by atoms with Crippen LogP contribution in [0.3, 0.4) is 0 Å². The van der Waals surface area contributed by atoms with E-state index in [1.165, 1.54) is 26.4 Å². The van der Waals surface area contributed by atoms with Crippen molar-refractivity contribution in [2.75, 3.05) is 31.6 Å². The summed E-state index contributed by atoms with van der Waals surface area (Å²) in [5.41, 5.74) is 0.298. The number of nitrogens with one attached hydrogen (secondary N) is 1. The minimum Gasteiger partial charge on any atom is -0.497 e. The standard InChI is InChI=1S/C20H26N2O5S/c1-4-5-14-21-20(23)15-22(18-8-6-7-9-19(18)27-3)28(24,25)17-12-10-16(26-2)11-13-17/h6-13H,4-5,14-15H2,1-3H3,(H,21,23). The summed E-state index contributed by atoms with van der Waals surface area (Å²) in [5.74, 6) is 0.525. The Kier molecular flexibility index (Phi) is 7.69. The van der Waals surface area contributed by atoms with Crippen LogP contribution in [0.5, 0.6) is 11.5 Å². The van der Waals surface area contributed by atoms with Gasteiger partial charge in [-0.05, 0) is 42.8 Å². The first-order valence-corrected chi connectivity index (χ1v) is 10.4. The predicted molar refractivity (Wildman–Crippen MR) is 108 cm³/mol. The summed E-state index contributed by atoms with van der Waals surface area (Å²) in [4.78, 5) is 12.5. The summed E-state index contributed by atoms with van der Waals surface area (Å²) in [6.07, 6.45) is 1.76. The minimum atomic E-state index is -4.00. The summed E-state index contributed by atoms with van der Waals surface area (Å²) in [6.45, 7) is 2.16. The monoisotopic (exact) mass is 406 g/mol. The third-order valence-electron chi connectivity index (χ3n) is 4.14. The van der Waals surface area contributed by atoms with Gasteiger partial charge in [-0.1, -0.05) is 25.5 Å². The molecule has 0 spiro atoms. The van der Waals surface area contributed by atoms with Crippen LogP contribution < -0.4 is 19.1 Å². The second kappa shape index (κ2) is 9.98. The Morgan fingerprint density at radius 3 is 2.32 bits per heavy atom. The van der Waals surface area contributed by atoms with Gasteiger partial charge >= 0.3 is 0 Å². The number of para-hydroxylation sites is 2. The maximum Gasteiger partial charge on any atom is 0.264 e. The molecule has 0 unspecified atom stereocenters. The van der Waals surface area contributed by atoms with Gasteiger partial charge in [-0.25, -0.2) is 8.42 Å². The summed E-state index contributed by atoms with van der Waals surface area (Å²) < 4.78 is 38.1. The molecule has 2 rings (SSSR count). The summed E-state index contributed by atoms with van der Waals surface area (Å²) in [7, 11) is -1.04. The molecule has 0 aliphatic carbocycles. The normalized spacial score (nSPS) is 11.0.